The summed E-state index contributed by atoms with van der Waals surface area (Å²) in [5.74, 6) is -1.56. The molecule has 1 amide bonds. The third-order valence-corrected chi connectivity index (χ3v) is 3.68. The Morgan fingerprint density at radius 3 is 2.58 bits per heavy atom. The van der Waals surface area contributed by atoms with Crippen molar-refractivity contribution in [1.82, 2.24) is 4.90 Å². The first-order valence-corrected chi connectivity index (χ1v) is 6.54. The summed E-state index contributed by atoms with van der Waals surface area (Å²) in [5, 5.41) is 0. The van der Waals surface area contributed by atoms with Gasteiger partial charge in [0.1, 0.15) is 11.6 Å². The van der Waals surface area contributed by atoms with Gasteiger partial charge in [0.05, 0.1) is 6.04 Å². The minimum Gasteiger partial charge on any atom is -0.368 e. The number of likely N-dealkylation sites (tertiary alicyclic amines) is 1. The van der Waals surface area contributed by atoms with E-state index in [0.717, 1.165) is 19.0 Å². The maximum Gasteiger partial charge on any atom is 0.234 e. The number of nitrogens with zero attached hydrogens (tertiary/aromatic N) is 1. The lowest BCUT2D eigenvalue weighted by molar-refractivity contribution is -0.123. The van der Waals surface area contributed by atoms with Crippen LogP contribution in [0.5, 0.6) is 0 Å². The van der Waals surface area contributed by atoms with Crippen LogP contribution >= 0.6 is 0 Å². The fourth-order valence-corrected chi connectivity index (χ4v) is 2.90. The number of rotatable bonds is 4. The standard InChI is InChI=1S/C14H18F2N2O/c1-2-12(9-6-10(15)8-11(16)7-9)18-5-3-4-13(18)14(17)19/h6-8,12-13H,2-5H2,1H3,(H2,17,19)/t12-,13+/m0/s1. The van der Waals surface area contributed by atoms with Crippen molar-refractivity contribution < 1.29 is 13.6 Å². The molecule has 1 heterocycles. The van der Waals surface area contributed by atoms with Crippen molar-refractivity contribution in [2.24, 2.45) is 5.73 Å². The second-order valence-corrected chi connectivity index (χ2v) is 4.93. The summed E-state index contributed by atoms with van der Waals surface area (Å²) in [7, 11) is 0. The van der Waals surface area contributed by atoms with Crippen LogP contribution in [0.3, 0.4) is 0 Å². The van der Waals surface area contributed by atoms with Crippen molar-refractivity contribution in [3.63, 3.8) is 0 Å². The van der Waals surface area contributed by atoms with Gasteiger partial charge in [0.25, 0.3) is 0 Å². The normalized spacial score (nSPS) is 21.5. The first-order valence-electron chi connectivity index (χ1n) is 6.54. The Morgan fingerprint density at radius 1 is 1.42 bits per heavy atom. The van der Waals surface area contributed by atoms with E-state index in [-0.39, 0.29) is 18.0 Å². The summed E-state index contributed by atoms with van der Waals surface area (Å²) >= 11 is 0. The SMILES string of the molecule is CC[C@@H](c1cc(F)cc(F)c1)N1CCC[C@@H]1C(N)=O. The minimum atomic E-state index is -0.594. The van der Waals surface area contributed by atoms with Gasteiger partial charge in [-0.25, -0.2) is 8.78 Å². The van der Waals surface area contributed by atoms with Crippen molar-refractivity contribution in [1.29, 1.82) is 0 Å². The number of nitrogens with two attached hydrogens (primary N) is 1. The van der Waals surface area contributed by atoms with Gasteiger partial charge in [-0.15, -0.1) is 0 Å². The number of hydrogen-bond donors (Lipinski definition) is 1. The van der Waals surface area contributed by atoms with Gasteiger partial charge >= 0.3 is 0 Å². The van der Waals surface area contributed by atoms with Gasteiger partial charge in [-0.3, -0.25) is 9.69 Å². The predicted octanol–water partition coefficient (Wildman–Crippen LogP) is 2.37. The van der Waals surface area contributed by atoms with E-state index in [1.807, 2.05) is 11.8 Å². The molecule has 104 valence electrons. The number of benzene rings is 1. The number of amides is 1. The second kappa shape index (κ2) is 5.65. The fourth-order valence-electron chi connectivity index (χ4n) is 2.90. The summed E-state index contributed by atoms with van der Waals surface area (Å²) in [6, 6.07) is 2.99. The molecule has 2 atom stereocenters. The molecular weight excluding hydrogens is 250 g/mol. The largest absolute Gasteiger partial charge is 0.368 e. The molecule has 3 nitrogen and oxygen atoms in total. The number of carbonyl (C=O) groups is 1. The van der Waals surface area contributed by atoms with Crippen molar-refractivity contribution in [2.45, 2.75) is 38.3 Å². The molecule has 1 aromatic carbocycles. The average molecular weight is 268 g/mol. The van der Waals surface area contributed by atoms with Crippen LogP contribution < -0.4 is 5.73 Å². The number of hydrogen-bond acceptors (Lipinski definition) is 2. The third-order valence-electron chi connectivity index (χ3n) is 3.68. The molecule has 0 bridgehead atoms. The minimum absolute atomic E-state index is 0.176. The van der Waals surface area contributed by atoms with E-state index in [0.29, 0.717) is 18.4 Å². The zero-order valence-corrected chi connectivity index (χ0v) is 10.9. The molecule has 0 aliphatic carbocycles. The van der Waals surface area contributed by atoms with Crippen molar-refractivity contribution >= 4 is 5.91 Å². The zero-order valence-electron chi connectivity index (χ0n) is 10.9. The van der Waals surface area contributed by atoms with E-state index in [1.165, 1.54) is 12.1 Å². The van der Waals surface area contributed by atoms with Gasteiger partial charge in [-0.05, 0) is 43.5 Å². The Morgan fingerprint density at radius 2 is 2.05 bits per heavy atom. The Kier molecular flexibility index (Phi) is 4.14. The van der Waals surface area contributed by atoms with Crippen LogP contribution in [0.15, 0.2) is 18.2 Å². The molecule has 1 fully saturated rings. The van der Waals surface area contributed by atoms with Crippen LogP contribution in [0.2, 0.25) is 0 Å². The molecular formula is C14H18F2N2O. The lowest BCUT2D eigenvalue weighted by Gasteiger charge is -2.31. The lowest BCUT2D eigenvalue weighted by atomic mass is 10.0. The maximum absolute atomic E-state index is 13.3. The smallest absolute Gasteiger partial charge is 0.234 e. The summed E-state index contributed by atoms with van der Waals surface area (Å²) < 4.78 is 26.6. The van der Waals surface area contributed by atoms with Gasteiger partial charge in [-0.1, -0.05) is 6.92 Å². The highest BCUT2D eigenvalue weighted by atomic mass is 19.1. The molecule has 0 aromatic heterocycles. The Labute approximate surface area is 111 Å². The molecule has 5 heteroatoms. The van der Waals surface area contributed by atoms with E-state index in [2.05, 4.69) is 0 Å². The zero-order chi connectivity index (χ0) is 14.0. The summed E-state index contributed by atoms with van der Waals surface area (Å²) in [5.41, 5.74) is 5.95. The van der Waals surface area contributed by atoms with Crippen LogP contribution in [0.4, 0.5) is 8.78 Å². The van der Waals surface area contributed by atoms with Gasteiger partial charge in [0.2, 0.25) is 5.91 Å². The van der Waals surface area contributed by atoms with E-state index in [1.54, 1.807) is 0 Å². The topological polar surface area (TPSA) is 46.3 Å². The highest BCUT2D eigenvalue weighted by molar-refractivity contribution is 5.80. The molecule has 0 unspecified atom stereocenters. The Balaban J connectivity index is 2.31. The molecule has 2 rings (SSSR count). The fraction of sp³-hybridized carbons (Fsp3) is 0.500. The van der Waals surface area contributed by atoms with E-state index >= 15 is 0 Å². The van der Waals surface area contributed by atoms with E-state index < -0.39 is 11.6 Å². The van der Waals surface area contributed by atoms with Gasteiger partial charge in [0.15, 0.2) is 0 Å². The first kappa shape index (κ1) is 13.9. The predicted molar refractivity (Wildman–Crippen MR) is 68.3 cm³/mol. The van der Waals surface area contributed by atoms with Gasteiger partial charge in [-0.2, -0.15) is 0 Å². The highest BCUT2D eigenvalue weighted by Crippen LogP contribution is 2.32. The molecule has 1 aromatic rings. The van der Waals surface area contributed by atoms with Gasteiger partial charge in [0, 0.05) is 12.1 Å². The van der Waals surface area contributed by atoms with Crippen molar-refractivity contribution in [2.75, 3.05) is 6.54 Å². The first-order chi connectivity index (χ1) is 9.02. The molecule has 0 radical (unpaired) electrons. The van der Waals surface area contributed by atoms with Crippen LogP contribution in [0.1, 0.15) is 37.8 Å². The number of primary amides is 1. The number of halogens is 2. The molecule has 1 aliphatic heterocycles. The van der Waals surface area contributed by atoms with E-state index in [4.69, 9.17) is 5.73 Å². The van der Waals surface area contributed by atoms with E-state index in [9.17, 15) is 13.6 Å². The Hall–Kier alpha value is -1.49. The van der Waals surface area contributed by atoms with Crippen LogP contribution in [-0.2, 0) is 4.79 Å². The summed E-state index contributed by atoms with van der Waals surface area (Å²) in [6.07, 6.45) is 2.26. The van der Waals surface area contributed by atoms with Crippen molar-refractivity contribution in [3.8, 4) is 0 Å². The molecule has 1 saturated heterocycles. The molecule has 19 heavy (non-hydrogen) atoms. The maximum atomic E-state index is 13.3. The molecule has 1 aliphatic rings. The molecule has 0 saturated carbocycles. The average Bonchev–Trinajstić information content (AvgIpc) is 2.78. The molecule has 0 spiro atoms. The Bertz CT molecular complexity index is 458. The highest BCUT2D eigenvalue weighted by Gasteiger charge is 2.34. The van der Waals surface area contributed by atoms with Crippen LogP contribution in [0, 0.1) is 11.6 Å². The van der Waals surface area contributed by atoms with Crippen LogP contribution in [-0.4, -0.2) is 23.4 Å². The summed E-state index contributed by atoms with van der Waals surface area (Å²) in [6.45, 7) is 2.66. The summed E-state index contributed by atoms with van der Waals surface area (Å²) in [4.78, 5) is 13.4. The third kappa shape index (κ3) is 2.92. The van der Waals surface area contributed by atoms with Gasteiger partial charge < -0.3 is 5.73 Å². The monoisotopic (exact) mass is 268 g/mol. The quantitative estimate of drug-likeness (QED) is 0.911. The van der Waals surface area contributed by atoms with Crippen molar-refractivity contribution in [3.05, 3.63) is 35.4 Å². The molecule has 2 N–H and O–H groups in total. The second-order valence-electron chi connectivity index (χ2n) is 4.93. The van der Waals surface area contributed by atoms with Crippen LogP contribution in [0.25, 0.3) is 0 Å². The lowest BCUT2D eigenvalue weighted by Crippen LogP contribution is -2.42. The number of carbonyl (C=O) groups excluding carboxylic acids is 1.